The zero-order valence-corrected chi connectivity index (χ0v) is 18.2. The number of halogens is 2. The molecule has 0 aromatic heterocycles. The molecule has 0 saturated carbocycles. The Morgan fingerprint density at radius 1 is 1.10 bits per heavy atom. The second-order valence-electron chi connectivity index (χ2n) is 6.98. The van der Waals surface area contributed by atoms with Crippen LogP contribution in [0.5, 0.6) is 0 Å². The largest absolute Gasteiger partial charge is 0.321 e. The van der Waals surface area contributed by atoms with Gasteiger partial charge in [0, 0.05) is 21.3 Å². The van der Waals surface area contributed by atoms with E-state index in [2.05, 4.69) is 11.4 Å². The highest BCUT2D eigenvalue weighted by Crippen LogP contribution is 2.35. The highest BCUT2D eigenvalue weighted by atomic mass is 35.5. The first-order chi connectivity index (χ1) is 14.7. The predicted molar refractivity (Wildman–Crippen MR) is 121 cm³/mol. The molecule has 0 aliphatic carbocycles. The molecule has 0 bridgehead atoms. The summed E-state index contributed by atoms with van der Waals surface area (Å²) in [4.78, 5) is 23.6. The third kappa shape index (κ3) is 4.69. The highest BCUT2D eigenvalue weighted by Gasteiger charge is 2.24. The zero-order valence-electron chi connectivity index (χ0n) is 16.6. The highest BCUT2D eigenvalue weighted by molar-refractivity contribution is 6.32. The molecule has 31 heavy (non-hydrogen) atoms. The van der Waals surface area contributed by atoms with Crippen molar-refractivity contribution in [2.24, 2.45) is 0 Å². The zero-order chi connectivity index (χ0) is 22.7. The molecule has 1 unspecified atom stereocenters. The number of para-hydroxylation sites is 1. The summed E-state index contributed by atoms with van der Waals surface area (Å²) >= 11 is 12.4. The molecule has 0 radical (unpaired) electrons. The molecular formula is C23H17Cl2N3O3. The number of amides is 1. The fourth-order valence-electron chi connectivity index (χ4n) is 3.31. The smallest absolute Gasteiger partial charge is 0.285 e. The molecule has 3 rings (SSSR count). The fraction of sp³-hybridized carbons (Fsp3) is 0.130. The first kappa shape index (κ1) is 22.3. The van der Waals surface area contributed by atoms with Crippen LogP contribution in [0.15, 0.2) is 54.6 Å². The van der Waals surface area contributed by atoms with Gasteiger partial charge in [0.1, 0.15) is 5.56 Å². The molecule has 156 valence electrons. The third-order valence-electron chi connectivity index (χ3n) is 4.90. The molecule has 0 spiro atoms. The van der Waals surface area contributed by atoms with Crippen LogP contribution < -0.4 is 5.32 Å². The molecule has 3 aromatic rings. The Hall–Kier alpha value is -3.40. The Morgan fingerprint density at radius 2 is 1.77 bits per heavy atom. The van der Waals surface area contributed by atoms with Crippen molar-refractivity contribution in [2.45, 2.75) is 19.8 Å². The van der Waals surface area contributed by atoms with Crippen molar-refractivity contribution in [1.29, 1.82) is 5.26 Å². The topological polar surface area (TPSA) is 96.0 Å². The van der Waals surface area contributed by atoms with Crippen LogP contribution in [-0.2, 0) is 0 Å². The van der Waals surface area contributed by atoms with Crippen molar-refractivity contribution in [3.05, 3.63) is 103 Å². The van der Waals surface area contributed by atoms with Gasteiger partial charge in [-0.15, -0.1) is 0 Å². The molecule has 1 N–H and O–H groups in total. The lowest BCUT2D eigenvalue weighted by Gasteiger charge is -2.16. The van der Waals surface area contributed by atoms with Gasteiger partial charge in [0.15, 0.2) is 0 Å². The third-order valence-corrected chi connectivity index (χ3v) is 5.48. The van der Waals surface area contributed by atoms with Crippen LogP contribution in [0.3, 0.4) is 0 Å². The van der Waals surface area contributed by atoms with E-state index < -0.39 is 16.7 Å². The number of nitro benzene ring substituents is 1. The molecule has 0 heterocycles. The summed E-state index contributed by atoms with van der Waals surface area (Å²) in [7, 11) is 0. The van der Waals surface area contributed by atoms with Crippen LogP contribution >= 0.6 is 23.2 Å². The Morgan fingerprint density at radius 3 is 2.39 bits per heavy atom. The minimum absolute atomic E-state index is 0.0411. The van der Waals surface area contributed by atoms with E-state index in [-0.39, 0.29) is 11.3 Å². The SMILES string of the molecule is Cc1cc(C(C#N)c2ccc(Cl)cc2)c(Cl)cc1NC(=O)c1cccc(C)c1[N+](=O)[O-]. The number of benzene rings is 3. The van der Waals surface area contributed by atoms with E-state index in [0.717, 1.165) is 5.56 Å². The number of nitriles is 1. The number of carbonyl (C=O) groups excluding carboxylic acids is 1. The van der Waals surface area contributed by atoms with Gasteiger partial charge in [-0.05, 0) is 54.8 Å². The first-order valence-electron chi connectivity index (χ1n) is 9.23. The summed E-state index contributed by atoms with van der Waals surface area (Å²) in [6.45, 7) is 3.33. The van der Waals surface area contributed by atoms with E-state index in [1.165, 1.54) is 6.07 Å². The van der Waals surface area contributed by atoms with E-state index >= 15 is 0 Å². The second-order valence-corrected chi connectivity index (χ2v) is 7.83. The molecular weight excluding hydrogens is 437 g/mol. The molecule has 1 amide bonds. The molecule has 0 aliphatic heterocycles. The van der Waals surface area contributed by atoms with Crippen LogP contribution in [0.4, 0.5) is 11.4 Å². The van der Waals surface area contributed by atoms with E-state index in [1.807, 2.05) is 0 Å². The van der Waals surface area contributed by atoms with E-state index in [9.17, 15) is 20.2 Å². The molecule has 0 fully saturated rings. The van der Waals surface area contributed by atoms with Crippen LogP contribution in [-0.4, -0.2) is 10.8 Å². The number of hydrogen-bond acceptors (Lipinski definition) is 4. The molecule has 6 nitrogen and oxygen atoms in total. The summed E-state index contributed by atoms with van der Waals surface area (Å²) in [5, 5.41) is 24.7. The lowest BCUT2D eigenvalue weighted by atomic mass is 9.91. The minimum atomic E-state index is -0.619. The predicted octanol–water partition coefficient (Wildman–Crippen LogP) is 6.43. The van der Waals surface area contributed by atoms with Gasteiger partial charge in [-0.25, -0.2) is 0 Å². The summed E-state index contributed by atoms with van der Waals surface area (Å²) in [5.74, 6) is -1.23. The van der Waals surface area contributed by atoms with Crippen LogP contribution in [0.25, 0.3) is 0 Å². The van der Waals surface area contributed by atoms with Crippen molar-refractivity contribution in [1.82, 2.24) is 0 Å². The number of hydrogen-bond donors (Lipinski definition) is 1. The lowest BCUT2D eigenvalue weighted by molar-refractivity contribution is -0.385. The van der Waals surface area contributed by atoms with E-state index in [0.29, 0.717) is 32.4 Å². The van der Waals surface area contributed by atoms with Gasteiger partial charge >= 0.3 is 0 Å². The lowest BCUT2D eigenvalue weighted by Crippen LogP contribution is -2.15. The summed E-state index contributed by atoms with van der Waals surface area (Å²) in [6, 6.07) is 17.0. The van der Waals surface area contributed by atoms with Crippen LogP contribution in [0.2, 0.25) is 10.0 Å². The number of nitrogens with one attached hydrogen (secondary N) is 1. The van der Waals surface area contributed by atoms with Gasteiger partial charge < -0.3 is 5.32 Å². The number of aryl methyl sites for hydroxylation is 2. The molecule has 0 aliphatic rings. The summed E-state index contributed by atoms with van der Waals surface area (Å²) in [6.07, 6.45) is 0. The number of carbonyl (C=O) groups is 1. The normalized spacial score (nSPS) is 11.5. The Kier molecular flexibility index (Phi) is 6.59. The average Bonchev–Trinajstić information content (AvgIpc) is 2.72. The van der Waals surface area contributed by atoms with Crippen molar-refractivity contribution in [3.63, 3.8) is 0 Å². The monoisotopic (exact) mass is 453 g/mol. The quantitative estimate of drug-likeness (QED) is 0.355. The number of nitro groups is 1. The van der Waals surface area contributed by atoms with Gasteiger partial charge in [-0.2, -0.15) is 5.26 Å². The van der Waals surface area contributed by atoms with E-state index in [4.69, 9.17) is 23.2 Å². The van der Waals surface area contributed by atoms with Gasteiger partial charge in [0.2, 0.25) is 0 Å². The minimum Gasteiger partial charge on any atom is -0.321 e. The van der Waals surface area contributed by atoms with Crippen molar-refractivity contribution >= 4 is 40.5 Å². The van der Waals surface area contributed by atoms with Gasteiger partial charge in [-0.3, -0.25) is 14.9 Å². The second kappa shape index (κ2) is 9.17. The summed E-state index contributed by atoms with van der Waals surface area (Å²) in [5.41, 5.74) is 2.50. The average molecular weight is 454 g/mol. The van der Waals surface area contributed by atoms with Gasteiger partial charge in [-0.1, -0.05) is 53.5 Å². The Bertz CT molecular complexity index is 1220. The van der Waals surface area contributed by atoms with Gasteiger partial charge in [0.05, 0.1) is 16.9 Å². The van der Waals surface area contributed by atoms with Crippen molar-refractivity contribution in [2.75, 3.05) is 5.32 Å². The van der Waals surface area contributed by atoms with Crippen molar-refractivity contribution in [3.8, 4) is 6.07 Å². The Labute approximate surface area is 189 Å². The molecule has 3 aromatic carbocycles. The maximum Gasteiger partial charge on any atom is 0.285 e. The van der Waals surface area contributed by atoms with Crippen LogP contribution in [0, 0.1) is 35.3 Å². The number of rotatable bonds is 5. The maximum atomic E-state index is 12.8. The standard InChI is InChI=1S/C23H17Cl2N3O3/c1-13-4-3-5-17(22(13)28(30)31)23(29)27-21-11-20(25)18(10-14(21)2)19(12-26)15-6-8-16(24)9-7-15/h3-11,19H,1-2H3,(H,27,29). The number of anilines is 1. The maximum absolute atomic E-state index is 12.8. The fourth-order valence-corrected chi connectivity index (χ4v) is 3.71. The molecule has 8 heteroatoms. The summed E-state index contributed by atoms with van der Waals surface area (Å²) < 4.78 is 0. The van der Waals surface area contributed by atoms with Crippen molar-refractivity contribution < 1.29 is 9.72 Å². The van der Waals surface area contributed by atoms with Gasteiger partial charge in [0.25, 0.3) is 11.6 Å². The van der Waals surface area contributed by atoms with E-state index in [1.54, 1.807) is 62.4 Å². The number of nitrogens with zero attached hydrogens (tertiary/aromatic N) is 2. The Balaban J connectivity index is 1.95. The van der Waals surface area contributed by atoms with Crippen LogP contribution in [0.1, 0.15) is 38.5 Å². The molecule has 1 atom stereocenters. The first-order valence-corrected chi connectivity index (χ1v) is 9.99. The molecule has 0 saturated heterocycles.